The lowest BCUT2D eigenvalue weighted by molar-refractivity contribution is 0.132. The number of benzene rings is 1. The second-order valence-electron chi connectivity index (χ2n) is 7.45. The first-order chi connectivity index (χ1) is 15.0. The summed E-state index contributed by atoms with van der Waals surface area (Å²) in [7, 11) is 0. The Bertz CT molecular complexity index is 1050. The smallest absolute Gasteiger partial charge is 0.407 e. The molecule has 0 aliphatic carbocycles. The number of carbonyl (C=O) groups is 2. The number of fused-ring (bicyclic) bond motifs is 1. The molecule has 162 valence electrons. The highest BCUT2D eigenvalue weighted by atomic mass is 16.5. The van der Waals surface area contributed by atoms with Gasteiger partial charge < -0.3 is 15.4 Å². The molecule has 8 heteroatoms. The van der Waals surface area contributed by atoms with Gasteiger partial charge in [-0.05, 0) is 53.1 Å². The fourth-order valence-corrected chi connectivity index (χ4v) is 3.09. The molecule has 0 saturated carbocycles. The van der Waals surface area contributed by atoms with Crippen molar-refractivity contribution in [2.24, 2.45) is 5.92 Å². The van der Waals surface area contributed by atoms with E-state index in [0.29, 0.717) is 25.5 Å². The van der Waals surface area contributed by atoms with Gasteiger partial charge in [-0.15, -0.1) is 0 Å². The molecule has 0 aliphatic heterocycles. The van der Waals surface area contributed by atoms with E-state index in [1.807, 2.05) is 51.1 Å². The summed E-state index contributed by atoms with van der Waals surface area (Å²) in [6, 6.07) is 9.32. The highest BCUT2D eigenvalue weighted by Crippen LogP contribution is 2.31. The van der Waals surface area contributed by atoms with Crippen LogP contribution in [0.5, 0.6) is 0 Å². The van der Waals surface area contributed by atoms with Gasteiger partial charge in [0.25, 0.3) is 0 Å². The fourth-order valence-electron chi connectivity index (χ4n) is 3.09. The Morgan fingerprint density at radius 2 is 1.84 bits per heavy atom. The zero-order valence-electron chi connectivity index (χ0n) is 17.9. The van der Waals surface area contributed by atoms with Gasteiger partial charge in [0.05, 0.1) is 6.61 Å². The van der Waals surface area contributed by atoms with Crippen molar-refractivity contribution >= 4 is 28.7 Å². The number of rotatable bonds is 7. The Hall–Kier alpha value is -3.68. The number of amides is 3. The number of hydrogen-bond donors (Lipinski definition) is 3. The zero-order valence-corrected chi connectivity index (χ0v) is 17.9. The van der Waals surface area contributed by atoms with Gasteiger partial charge in [-0.1, -0.05) is 26.0 Å². The minimum absolute atomic E-state index is 0.270. The van der Waals surface area contributed by atoms with Gasteiger partial charge in [0.2, 0.25) is 0 Å². The monoisotopic (exact) mass is 421 g/mol. The summed E-state index contributed by atoms with van der Waals surface area (Å²) in [5, 5.41) is 10.0. The molecule has 2 aromatic heterocycles. The minimum atomic E-state index is -0.456. The lowest BCUT2D eigenvalue weighted by atomic mass is 9.96. The molecule has 0 fully saturated rings. The second-order valence-corrected chi connectivity index (χ2v) is 7.45. The van der Waals surface area contributed by atoms with Crippen molar-refractivity contribution in [3.63, 3.8) is 0 Å². The van der Waals surface area contributed by atoms with Crippen LogP contribution in [0.15, 0.2) is 48.9 Å². The van der Waals surface area contributed by atoms with Crippen LogP contribution >= 0.6 is 0 Å². The number of anilines is 1. The molecule has 3 N–H and O–H groups in total. The van der Waals surface area contributed by atoms with E-state index in [2.05, 4.69) is 25.9 Å². The summed E-state index contributed by atoms with van der Waals surface area (Å²) in [4.78, 5) is 32.4. The molecule has 0 bridgehead atoms. The van der Waals surface area contributed by atoms with Crippen molar-refractivity contribution in [3.8, 4) is 11.1 Å². The summed E-state index contributed by atoms with van der Waals surface area (Å²) >= 11 is 0. The number of hydrogen-bond acceptors (Lipinski definition) is 5. The first-order valence-corrected chi connectivity index (χ1v) is 10.3. The molecule has 3 amide bonds. The van der Waals surface area contributed by atoms with E-state index >= 15 is 0 Å². The van der Waals surface area contributed by atoms with Crippen LogP contribution in [-0.4, -0.2) is 35.2 Å². The Labute approximate surface area is 181 Å². The maximum Gasteiger partial charge on any atom is 0.407 e. The molecule has 0 saturated heterocycles. The minimum Gasteiger partial charge on any atom is -0.449 e. The summed E-state index contributed by atoms with van der Waals surface area (Å²) in [5.41, 5.74) is 2.86. The number of aromatic nitrogens is 2. The largest absolute Gasteiger partial charge is 0.449 e. The average Bonchev–Trinajstić information content (AvgIpc) is 2.76. The fraction of sp³-hybridized carbons (Fsp3) is 0.304. The predicted molar refractivity (Wildman–Crippen MR) is 121 cm³/mol. The van der Waals surface area contributed by atoms with Gasteiger partial charge in [0, 0.05) is 37.1 Å². The van der Waals surface area contributed by atoms with Crippen LogP contribution in [0.25, 0.3) is 21.9 Å². The normalized spacial score (nSPS) is 10.7. The van der Waals surface area contributed by atoms with Crippen molar-refractivity contribution in [2.75, 3.05) is 18.5 Å². The van der Waals surface area contributed by atoms with Gasteiger partial charge in [-0.3, -0.25) is 10.3 Å². The lowest BCUT2D eigenvalue weighted by Crippen LogP contribution is -2.28. The van der Waals surface area contributed by atoms with Crippen molar-refractivity contribution in [1.82, 2.24) is 20.6 Å². The Morgan fingerprint density at radius 3 is 2.55 bits per heavy atom. The van der Waals surface area contributed by atoms with Crippen molar-refractivity contribution in [2.45, 2.75) is 27.3 Å². The summed E-state index contributed by atoms with van der Waals surface area (Å²) < 4.78 is 5.19. The molecule has 1 aromatic carbocycles. The summed E-state index contributed by atoms with van der Waals surface area (Å²) in [6.07, 6.45) is 4.72. The molecule has 0 atom stereocenters. The highest BCUT2D eigenvalue weighted by molar-refractivity contribution is 6.00. The van der Waals surface area contributed by atoms with Crippen LogP contribution in [0.2, 0.25) is 0 Å². The van der Waals surface area contributed by atoms with Crippen LogP contribution < -0.4 is 16.0 Å². The topological polar surface area (TPSA) is 105 Å². The van der Waals surface area contributed by atoms with E-state index in [1.165, 1.54) is 0 Å². The van der Waals surface area contributed by atoms with Crippen LogP contribution in [0.4, 0.5) is 15.4 Å². The van der Waals surface area contributed by atoms with Crippen molar-refractivity contribution in [1.29, 1.82) is 0 Å². The summed E-state index contributed by atoms with van der Waals surface area (Å²) in [5.74, 6) is 0.710. The van der Waals surface area contributed by atoms with E-state index in [-0.39, 0.29) is 11.9 Å². The van der Waals surface area contributed by atoms with Gasteiger partial charge >= 0.3 is 12.1 Å². The first-order valence-electron chi connectivity index (χ1n) is 10.3. The maximum absolute atomic E-state index is 12.0. The third kappa shape index (κ3) is 5.91. The van der Waals surface area contributed by atoms with Crippen LogP contribution in [-0.2, 0) is 11.3 Å². The SMILES string of the molecule is CCNC(=O)Nc1cc2c(-c3ccncc3)ccc(CNC(=O)OCC(C)C)c2cn1. The number of nitrogens with zero attached hydrogens (tertiary/aromatic N) is 2. The van der Waals surface area contributed by atoms with Crippen molar-refractivity contribution < 1.29 is 14.3 Å². The molecule has 2 heterocycles. The third-order valence-corrected chi connectivity index (χ3v) is 4.53. The van der Waals surface area contributed by atoms with Crippen molar-refractivity contribution in [3.05, 3.63) is 54.5 Å². The molecule has 0 unspecified atom stereocenters. The molecule has 3 rings (SSSR count). The van der Waals surface area contributed by atoms with Gasteiger partial charge in [-0.2, -0.15) is 0 Å². The molecule has 3 aromatic rings. The second kappa shape index (κ2) is 10.4. The van der Waals surface area contributed by atoms with E-state index in [4.69, 9.17) is 4.74 Å². The third-order valence-electron chi connectivity index (χ3n) is 4.53. The molecule has 8 nitrogen and oxygen atoms in total. The number of carbonyl (C=O) groups excluding carboxylic acids is 2. The molecule has 0 aliphatic rings. The van der Waals surface area contributed by atoms with Gasteiger partial charge in [0.15, 0.2) is 0 Å². The number of alkyl carbamates (subject to hydrolysis) is 1. The molecular formula is C23H27N5O3. The Kier molecular flexibility index (Phi) is 7.37. The van der Waals surface area contributed by atoms with E-state index in [1.54, 1.807) is 18.6 Å². The van der Waals surface area contributed by atoms with Crippen LogP contribution in [0.3, 0.4) is 0 Å². The van der Waals surface area contributed by atoms with Crippen LogP contribution in [0.1, 0.15) is 26.3 Å². The predicted octanol–water partition coefficient (Wildman–Crippen LogP) is 4.32. The number of ether oxygens (including phenoxy) is 1. The Balaban J connectivity index is 1.93. The molecule has 0 spiro atoms. The maximum atomic E-state index is 12.0. The van der Waals surface area contributed by atoms with E-state index in [9.17, 15) is 9.59 Å². The highest BCUT2D eigenvalue weighted by Gasteiger charge is 2.12. The molecule has 0 radical (unpaired) electrons. The number of pyridine rings is 2. The quantitative estimate of drug-likeness (QED) is 0.527. The lowest BCUT2D eigenvalue weighted by Gasteiger charge is -2.14. The van der Waals surface area contributed by atoms with E-state index < -0.39 is 6.09 Å². The van der Waals surface area contributed by atoms with E-state index in [0.717, 1.165) is 27.5 Å². The number of urea groups is 1. The average molecular weight is 422 g/mol. The molecular weight excluding hydrogens is 394 g/mol. The Morgan fingerprint density at radius 1 is 1.06 bits per heavy atom. The van der Waals surface area contributed by atoms with Gasteiger partial charge in [-0.25, -0.2) is 14.6 Å². The zero-order chi connectivity index (χ0) is 22.2. The molecule has 31 heavy (non-hydrogen) atoms. The van der Waals surface area contributed by atoms with Gasteiger partial charge in [0.1, 0.15) is 5.82 Å². The first kappa shape index (κ1) is 22.0. The summed E-state index contributed by atoms with van der Waals surface area (Å²) in [6.45, 7) is 7.00. The standard InChI is InChI=1S/C23H27N5O3/c1-4-25-22(29)28-21-11-19-18(16-7-9-24-10-8-16)6-5-17(20(19)13-26-21)12-27-23(30)31-14-15(2)3/h5-11,13,15H,4,12,14H2,1-3H3,(H,27,30)(H2,25,26,28,29). The van der Waals surface area contributed by atoms with Crippen LogP contribution in [0, 0.1) is 5.92 Å². The number of nitrogens with one attached hydrogen (secondary N) is 3.